The minimum absolute atomic E-state index is 0.772. The van der Waals surface area contributed by atoms with E-state index in [0.29, 0.717) is 0 Å². The maximum atomic E-state index is 11.7. The van der Waals surface area contributed by atoms with Gasteiger partial charge in [-0.2, -0.15) is 8.78 Å². The molecule has 0 aliphatic carbocycles. The maximum absolute atomic E-state index is 11.7. The van der Waals surface area contributed by atoms with E-state index in [4.69, 9.17) is 0 Å². The van der Waals surface area contributed by atoms with Gasteiger partial charge in [-0.05, 0) is 12.1 Å². The van der Waals surface area contributed by atoms with Crippen LogP contribution in [0.5, 0.6) is 0 Å². The molecule has 0 aliphatic rings. The van der Waals surface area contributed by atoms with Crippen LogP contribution in [-0.4, -0.2) is 10.2 Å². The summed E-state index contributed by atoms with van der Waals surface area (Å²) >= 11 is 0. The maximum Gasteiger partial charge on any atom is 0.233 e. The van der Waals surface area contributed by atoms with Crippen LogP contribution in [0.3, 0.4) is 0 Å². The molecule has 0 bridgehead atoms. The average Bonchev–Trinajstić information content (AvgIpc) is 2.00. The lowest BCUT2D eigenvalue weighted by Crippen LogP contribution is -1.88. The molecule has 1 aromatic heterocycles. The van der Waals surface area contributed by atoms with E-state index in [1.165, 1.54) is 0 Å². The smallest absolute Gasteiger partial charge is 0.183 e. The van der Waals surface area contributed by atoms with Crippen molar-refractivity contribution in [2.75, 3.05) is 0 Å². The molecule has 0 unspecified atom stereocenters. The highest BCUT2D eigenvalue weighted by atomic mass is 19.1. The Labute approximate surface area is 57.9 Å². The molecule has 10 heavy (non-hydrogen) atoms. The molecule has 0 fully saturated rings. The molecule has 0 aromatic carbocycles. The predicted molar refractivity (Wildman–Crippen MR) is 33.3 cm³/mol. The van der Waals surface area contributed by atoms with Crippen LogP contribution in [0.25, 0.3) is 0 Å². The molecule has 56 valence electrons. The Hall–Kier alpha value is -1.06. The van der Waals surface area contributed by atoms with Gasteiger partial charge in [-0.1, -0.05) is 13.8 Å². The fourth-order valence-corrected chi connectivity index (χ4v) is 0.300. The summed E-state index contributed by atoms with van der Waals surface area (Å²) in [6, 6.07) is 1.81. The van der Waals surface area contributed by atoms with E-state index in [2.05, 4.69) is 10.2 Å². The van der Waals surface area contributed by atoms with Crippen LogP contribution < -0.4 is 0 Å². The number of nitrogens with zero attached hydrogens (tertiary/aromatic N) is 2. The quantitative estimate of drug-likeness (QED) is 0.557. The Balaban J connectivity index is 0.000000371. The van der Waals surface area contributed by atoms with Crippen LogP contribution in [0.1, 0.15) is 13.8 Å². The van der Waals surface area contributed by atoms with Crippen LogP contribution >= 0.6 is 0 Å². The Morgan fingerprint density at radius 3 is 1.50 bits per heavy atom. The fourth-order valence-electron chi connectivity index (χ4n) is 0.300. The normalized spacial score (nSPS) is 8.00. The zero-order valence-corrected chi connectivity index (χ0v) is 5.81. The minimum atomic E-state index is -0.772. The van der Waals surface area contributed by atoms with E-state index in [1.54, 1.807) is 0 Å². The second kappa shape index (κ2) is 4.78. The Kier molecular flexibility index (Phi) is 4.28. The lowest BCUT2D eigenvalue weighted by Gasteiger charge is -1.81. The van der Waals surface area contributed by atoms with Crippen LogP contribution in [-0.2, 0) is 0 Å². The van der Waals surface area contributed by atoms with Crippen molar-refractivity contribution in [3.63, 3.8) is 0 Å². The summed E-state index contributed by atoms with van der Waals surface area (Å²) in [6.07, 6.45) is 0. The van der Waals surface area contributed by atoms with Crippen molar-refractivity contribution in [3.8, 4) is 0 Å². The largest absolute Gasteiger partial charge is 0.233 e. The molecule has 0 saturated carbocycles. The second-order valence-corrected chi connectivity index (χ2v) is 1.18. The van der Waals surface area contributed by atoms with Crippen molar-refractivity contribution in [1.29, 1.82) is 0 Å². The highest BCUT2D eigenvalue weighted by molar-refractivity contribution is 4.86. The summed E-state index contributed by atoms with van der Waals surface area (Å²) in [7, 11) is 0. The van der Waals surface area contributed by atoms with E-state index in [-0.39, 0.29) is 0 Å². The van der Waals surface area contributed by atoms with E-state index < -0.39 is 11.9 Å². The standard InChI is InChI=1S/C4H2F2N2.C2H6/c5-3-1-2-4(6)8-7-3;1-2/h1-2H;1-2H3. The fraction of sp³-hybridized carbons (Fsp3) is 0.333. The summed E-state index contributed by atoms with van der Waals surface area (Å²) in [4.78, 5) is 0. The van der Waals surface area contributed by atoms with Crippen molar-refractivity contribution in [1.82, 2.24) is 10.2 Å². The molecular formula is C6H8F2N2. The average molecular weight is 146 g/mol. The van der Waals surface area contributed by atoms with Gasteiger partial charge in [0.1, 0.15) is 0 Å². The van der Waals surface area contributed by atoms with Gasteiger partial charge in [-0.25, -0.2) is 0 Å². The van der Waals surface area contributed by atoms with Crippen LogP contribution in [0.2, 0.25) is 0 Å². The molecule has 1 heterocycles. The number of aromatic nitrogens is 2. The summed E-state index contributed by atoms with van der Waals surface area (Å²) in [5.74, 6) is -1.54. The van der Waals surface area contributed by atoms with Crippen molar-refractivity contribution in [3.05, 3.63) is 24.0 Å². The summed E-state index contributed by atoms with van der Waals surface area (Å²) in [5.41, 5.74) is 0. The molecule has 2 nitrogen and oxygen atoms in total. The molecule has 0 saturated heterocycles. The zero-order valence-electron chi connectivity index (χ0n) is 5.81. The van der Waals surface area contributed by atoms with Crippen LogP contribution in [0, 0.1) is 11.9 Å². The van der Waals surface area contributed by atoms with Crippen LogP contribution in [0.4, 0.5) is 8.78 Å². The third kappa shape index (κ3) is 3.06. The molecule has 0 amide bonds. The van der Waals surface area contributed by atoms with Gasteiger partial charge in [-0.15, -0.1) is 10.2 Å². The third-order valence-corrected chi connectivity index (χ3v) is 0.599. The van der Waals surface area contributed by atoms with Gasteiger partial charge in [0.05, 0.1) is 0 Å². The van der Waals surface area contributed by atoms with Gasteiger partial charge in [0.2, 0.25) is 11.9 Å². The first-order valence-corrected chi connectivity index (χ1v) is 2.94. The van der Waals surface area contributed by atoms with Gasteiger partial charge in [0.25, 0.3) is 0 Å². The van der Waals surface area contributed by atoms with E-state index in [0.717, 1.165) is 12.1 Å². The molecule has 4 heteroatoms. The molecule has 1 aromatic rings. The summed E-state index contributed by atoms with van der Waals surface area (Å²) in [5, 5.41) is 5.57. The first kappa shape index (κ1) is 8.94. The predicted octanol–water partition coefficient (Wildman–Crippen LogP) is 1.78. The lowest BCUT2D eigenvalue weighted by molar-refractivity contribution is 0.507. The van der Waals surface area contributed by atoms with Crippen molar-refractivity contribution < 1.29 is 8.78 Å². The van der Waals surface area contributed by atoms with Gasteiger partial charge in [0, 0.05) is 0 Å². The Morgan fingerprint density at radius 1 is 1.00 bits per heavy atom. The van der Waals surface area contributed by atoms with E-state index in [1.807, 2.05) is 13.8 Å². The number of halogens is 2. The van der Waals surface area contributed by atoms with Crippen LogP contribution in [0.15, 0.2) is 12.1 Å². The van der Waals surface area contributed by atoms with Crippen molar-refractivity contribution in [2.45, 2.75) is 13.8 Å². The lowest BCUT2D eigenvalue weighted by atomic mass is 10.6. The monoisotopic (exact) mass is 146 g/mol. The summed E-state index contributed by atoms with van der Waals surface area (Å²) < 4.78 is 23.5. The van der Waals surface area contributed by atoms with Gasteiger partial charge in [-0.3, -0.25) is 0 Å². The first-order chi connectivity index (χ1) is 4.79. The molecule has 0 spiro atoms. The van der Waals surface area contributed by atoms with Gasteiger partial charge < -0.3 is 0 Å². The van der Waals surface area contributed by atoms with E-state index >= 15 is 0 Å². The highest BCUT2D eigenvalue weighted by Crippen LogP contribution is 1.89. The highest BCUT2D eigenvalue weighted by Gasteiger charge is 1.90. The number of rotatable bonds is 0. The minimum Gasteiger partial charge on any atom is -0.183 e. The number of hydrogen-bond donors (Lipinski definition) is 0. The molecule has 0 radical (unpaired) electrons. The molecule has 0 atom stereocenters. The van der Waals surface area contributed by atoms with E-state index in [9.17, 15) is 8.78 Å². The zero-order chi connectivity index (χ0) is 7.98. The topological polar surface area (TPSA) is 25.8 Å². The Morgan fingerprint density at radius 2 is 1.30 bits per heavy atom. The van der Waals surface area contributed by atoms with Crippen molar-refractivity contribution >= 4 is 0 Å². The SMILES string of the molecule is CC.Fc1ccc(F)nn1. The second-order valence-electron chi connectivity index (χ2n) is 1.18. The first-order valence-electron chi connectivity index (χ1n) is 2.94. The summed E-state index contributed by atoms with van der Waals surface area (Å²) in [6.45, 7) is 4.00. The molecule has 0 N–H and O–H groups in total. The van der Waals surface area contributed by atoms with Gasteiger partial charge >= 0.3 is 0 Å². The third-order valence-electron chi connectivity index (χ3n) is 0.599. The molecule has 1 rings (SSSR count). The Bertz CT molecular complexity index is 153. The van der Waals surface area contributed by atoms with Gasteiger partial charge in [0.15, 0.2) is 0 Å². The number of hydrogen-bond acceptors (Lipinski definition) is 2. The molecule has 0 aliphatic heterocycles. The van der Waals surface area contributed by atoms with Crippen molar-refractivity contribution in [2.24, 2.45) is 0 Å². The molecular weight excluding hydrogens is 138 g/mol.